The molecule has 1 rings (SSSR count). The summed E-state index contributed by atoms with van der Waals surface area (Å²) in [5.41, 5.74) is 0. The Balaban J connectivity index is 2.25. The van der Waals surface area contributed by atoms with Gasteiger partial charge in [-0.1, -0.05) is 217 Å². The van der Waals surface area contributed by atoms with Gasteiger partial charge in [-0.2, -0.15) is 0 Å². The van der Waals surface area contributed by atoms with Crippen molar-refractivity contribution < 1.29 is 39.8 Å². The molecule has 0 aromatic carbocycles. The van der Waals surface area contributed by atoms with Crippen molar-refractivity contribution in [2.24, 2.45) is 0 Å². The molecular weight excluding hydrogens is 911 g/mol. The molecule has 0 aromatic heterocycles. The predicted octanol–water partition coefficient (Wildman–Crippen LogP) is 14.1. The number of aliphatic hydroxyl groups is 5. The van der Waals surface area contributed by atoms with Gasteiger partial charge in [-0.15, -0.1) is 0 Å². The lowest BCUT2D eigenvalue weighted by atomic mass is 9.99. The van der Waals surface area contributed by atoms with Crippen LogP contribution < -0.4 is 5.32 Å². The molecule has 410 valence electrons. The van der Waals surface area contributed by atoms with Crippen molar-refractivity contribution in [3.8, 4) is 0 Å². The second kappa shape index (κ2) is 51.3. The maximum Gasteiger partial charge on any atom is 0.220 e. The standard InChI is InChI=1S/C64H101NO8/c1-3-5-7-9-11-13-15-17-18-19-20-21-22-23-24-25-26-27-28-29-30-31-32-33-34-35-36-37-38-39-40-42-44-46-48-50-52-54-60(68)65-57(56-72-64-63(71)62(70)61(69)59(55-66)73-64)58(67)53-51-49-47-45-43-41-16-14-12-10-8-6-4-2/h5,7,11,13,17-18,20-21,23-24,26-27,29-30,32-33,35-36,38-39,42-45,51,53,57-59,61-64,66-67,69-71H,3-4,6,8-10,12,14-16,19,22,25,28,31,34,37,40-41,46-50,52,54-56H2,1-2H3,(H,65,68)/b7-5-,13-11-,18-17-,21-20-,24-23-,27-26-,30-29-,33-32-,36-35-,39-38-,44-42-,45-43+,53-51+. The molecule has 73 heavy (non-hydrogen) atoms. The molecule has 6 N–H and O–H groups in total. The van der Waals surface area contributed by atoms with Crippen molar-refractivity contribution in [1.82, 2.24) is 5.32 Å². The summed E-state index contributed by atoms with van der Waals surface area (Å²) in [7, 11) is 0. The molecule has 7 unspecified atom stereocenters. The van der Waals surface area contributed by atoms with Gasteiger partial charge >= 0.3 is 0 Å². The maximum absolute atomic E-state index is 13.0. The van der Waals surface area contributed by atoms with Gasteiger partial charge in [0.05, 0.1) is 25.4 Å². The second-order valence-electron chi connectivity index (χ2n) is 18.6. The van der Waals surface area contributed by atoms with Crippen molar-refractivity contribution in [3.05, 3.63) is 158 Å². The van der Waals surface area contributed by atoms with Crippen LogP contribution in [0.4, 0.5) is 0 Å². The summed E-state index contributed by atoms with van der Waals surface area (Å²) in [6.07, 6.45) is 74.5. The molecule has 9 nitrogen and oxygen atoms in total. The normalized spacial score (nSPS) is 20.3. The molecule has 9 heteroatoms. The molecule has 0 aliphatic carbocycles. The van der Waals surface area contributed by atoms with Gasteiger partial charge in [-0.05, 0) is 116 Å². The summed E-state index contributed by atoms with van der Waals surface area (Å²) >= 11 is 0. The van der Waals surface area contributed by atoms with Crippen molar-refractivity contribution in [2.45, 2.75) is 224 Å². The fourth-order valence-corrected chi connectivity index (χ4v) is 7.64. The third-order valence-electron chi connectivity index (χ3n) is 12.1. The first-order valence-electron chi connectivity index (χ1n) is 28.2. The van der Waals surface area contributed by atoms with Crippen molar-refractivity contribution in [3.63, 3.8) is 0 Å². The van der Waals surface area contributed by atoms with Crippen LogP contribution in [0.2, 0.25) is 0 Å². The second-order valence-corrected chi connectivity index (χ2v) is 18.6. The van der Waals surface area contributed by atoms with Crippen molar-refractivity contribution >= 4 is 5.91 Å². The number of carbonyl (C=O) groups is 1. The molecule has 1 heterocycles. The van der Waals surface area contributed by atoms with Crippen LogP contribution in [0.15, 0.2) is 158 Å². The minimum Gasteiger partial charge on any atom is -0.394 e. The maximum atomic E-state index is 13.0. The van der Waals surface area contributed by atoms with Crippen LogP contribution in [0.1, 0.15) is 181 Å². The Morgan fingerprint density at radius 3 is 1.32 bits per heavy atom. The predicted molar refractivity (Wildman–Crippen MR) is 308 cm³/mol. The van der Waals surface area contributed by atoms with Crippen LogP contribution in [0, 0.1) is 0 Å². The van der Waals surface area contributed by atoms with E-state index in [1.54, 1.807) is 6.08 Å². The van der Waals surface area contributed by atoms with Gasteiger partial charge in [0.25, 0.3) is 0 Å². The Morgan fingerprint density at radius 2 is 0.863 bits per heavy atom. The van der Waals surface area contributed by atoms with E-state index in [4.69, 9.17) is 9.47 Å². The highest BCUT2D eigenvalue weighted by molar-refractivity contribution is 5.76. The first-order chi connectivity index (χ1) is 35.8. The number of unbranched alkanes of at least 4 members (excludes halogenated alkanes) is 11. The van der Waals surface area contributed by atoms with Crippen LogP contribution in [0.3, 0.4) is 0 Å². The largest absolute Gasteiger partial charge is 0.394 e. The van der Waals surface area contributed by atoms with Crippen LogP contribution in [0.5, 0.6) is 0 Å². The molecule has 0 spiro atoms. The number of amides is 1. The first-order valence-corrected chi connectivity index (χ1v) is 28.2. The topological polar surface area (TPSA) is 149 Å². The van der Waals surface area contributed by atoms with Crippen LogP contribution >= 0.6 is 0 Å². The number of ether oxygens (including phenoxy) is 2. The van der Waals surface area contributed by atoms with Crippen LogP contribution in [0.25, 0.3) is 0 Å². The smallest absolute Gasteiger partial charge is 0.220 e. The Hall–Kier alpha value is -4.19. The molecule has 1 fully saturated rings. The Labute approximate surface area is 444 Å². The highest BCUT2D eigenvalue weighted by Crippen LogP contribution is 2.22. The number of hydrogen-bond acceptors (Lipinski definition) is 8. The van der Waals surface area contributed by atoms with E-state index in [0.29, 0.717) is 6.42 Å². The third kappa shape index (κ3) is 40.8. The zero-order valence-electron chi connectivity index (χ0n) is 45.3. The molecule has 0 radical (unpaired) electrons. The summed E-state index contributed by atoms with van der Waals surface area (Å²) < 4.78 is 11.2. The summed E-state index contributed by atoms with van der Waals surface area (Å²) in [5.74, 6) is -0.227. The lowest BCUT2D eigenvalue weighted by Crippen LogP contribution is -2.60. The summed E-state index contributed by atoms with van der Waals surface area (Å²) in [6.45, 7) is 3.59. The number of carbonyl (C=O) groups excluding carboxylic acids is 1. The van der Waals surface area contributed by atoms with Gasteiger partial charge in [0.1, 0.15) is 24.4 Å². The quantitative estimate of drug-likeness (QED) is 0.0261. The van der Waals surface area contributed by atoms with Crippen LogP contribution in [-0.4, -0.2) is 87.5 Å². The minimum absolute atomic E-state index is 0.225. The lowest BCUT2D eigenvalue weighted by molar-refractivity contribution is -0.302. The van der Waals surface area contributed by atoms with E-state index in [1.165, 1.54) is 44.9 Å². The minimum atomic E-state index is -1.59. The molecular formula is C64H101NO8. The number of allylic oxidation sites excluding steroid dienone is 25. The molecule has 1 saturated heterocycles. The van der Waals surface area contributed by atoms with Crippen LogP contribution in [-0.2, 0) is 14.3 Å². The molecule has 0 aromatic rings. The van der Waals surface area contributed by atoms with Gasteiger partial charge in [-0.25, -0.2) is 0 Å². The van der Waals surface area contributed by atoms with Crippen molar-refractivity contribution in [1.29, 1.82) is 0 Å². The van der Waals surface area contributed by atoms with E-state index in [2.05, 4.69) is 165 Å². The molecule has 1 amide bonds. The molecule has 1 aliphatic heterocycles. The van der Waals surface area contributed by atoms with E-state index < -0.39 is 49.5 Å². The monoisotopic (exact) mass is 1010 g/mol. The number of hydrogen-bond donors (Lipinski definition) is 6. The number of rotatable bonds is 45. The molecule has 7 atom stereocenters. The van der Waals surface area contributed by atoms with Gasteiger partial charge in [0.15, 0.2) is 6.29 Å². The average Bonchev–Trinajstić information content (AvgIpc) is 3.39. The SMILES string of the molecule is CC/C=C\C/C=C\C/C=C\C/C=C\C/C=C\C/C=C\C/C=C\C/C=C\C/C=C\C/C=C\C/C=C\CCCCCC(=O)NC(COC1OC(CO)C(O)C(O)C1O)C(O)/C=C/CC/C=C/CCCCCCCCC. The van der Waals surface area contributed by atoms with Gasteiger partial charge in [0.2, 0.25) is 5.91 Å². The highest BCUT2D eigenvalue weighted by Gasteiger charge is 2.44. The average molecular weight is 1010 g/mol. The Kier molecular flexibility index (Phi) is 47.0. The van der Waals surface area contributed by atoms with E-state index in [0.717, 1.165) is 109 Å². The summed E-state index contributed by atoms with van der Waals surface area (Å²) in [6, 6.07) is -0.851. The van der Waals surface area contributed by atoms with Gasteiger partial charge in [-0.3, -0.25) is 4.79 Å². The summed E-state index contributed by atoms with van der Waals surface area (Å²) in [4.78, 5) is 13.0. The van der Waals surface area contributed by atoms with Gasteiger partial charge < -0.3 is 40.3 Å². The van der Waals surface area contributed by atoms with E-state index in [-0.39, 0.29) is 18.9 Å². The van der Waals surface area contributed by atoms with E-state index >= 15 is 0 Å². The van der Waals surface area contributed by atoms with E-state index in [9.17, 15) is 30.3 Å². The van der Waals surface area contributed by atoms with Crippen molar-refractivity contribution in [2.75, 3.05) is 13.2 Å². The lowest BCUT2D eigenvalue weighted by Gasteiger charge is -2.40. The van der Waals surface area contributed by atoms with E-state index in [1.807, 2.05) is 6.08 Å². The molecule has 0 saturated carbocycles. The molecule has 0 bridgehead atoms. The zero-order chi connectivity index (χ0) is 52.9. The fourth-order valence-electron chi connectivity index (χ4n) is 7.64. The van der Waals surface area contributed by atoms with Gasteiger partial charge in [0, 0.05) is 6.42 Å². The Bertz CT molecular complexity index is 1690. The summed E-state index contributed by atoms with van der Waals surface area (Å²) in [5, 5.41) is 54.3. The number of aliphatic hydroxyl groups excluding tert-OH is 5. The zero-order valence-corrected chi connectivity index (χ0v) is 45.3. The number of nitrogens with one attached hydrogen (secondary N) is 1. The Morgan fingerprint density at radius 1 is 0.479 bits per heavy atom. The molecule has 1 aliphatic rings. The third-order valence-corrected chi connectivity index (χ3v) is 12.1. The fraction of sp³-hybridized carbons (Fsp3) is 0.578. The highest BCUT2D eigenvalue weighted by atomic mass is 16.7. The first kappa shape index (κ1) is 66.8.